The molecule has 2 aromatic heterocycles. The van der Waals surface area contributed by atoms with Gasteiger partial charge >= 0.3 is 0 Å². The molecular formula is C12H14N4O2. The number of carbonyl (C=O) groups is 1. The Morgan fingerprint density at radius 1 is 1.39 bits per heavy atom. The van der Waals surface area contributed by atoms with Gasteiger partial charge in [-0.15, -0.1) is 0 Å². The van der Waals surface area contributed by atoms with E-state index >= 15 is 0 Å². The van der Waals surface area contributed by atoms with Gasteiger partial charge in [0.2, 0.25) is 11.8 Å². The lowest BCUT2D eigenvalue weighted by Gasteiger charge is -2.02. The van der Waals surface area contributed by atoms with Gasteiger partial charge in [0.05, 0.1) is 31.0 Å². The summed E-state index contributed by atoms with van der Waals surface area (Å²) in [5.41, 5.74) is 6.76. The normalized spacial score (nSPS) is 10.3. The van der Waals surface area contributed by atoms with Gasteiger partial charge in [0.15, 0.2) is 0 Å². The number of pyridine rings is 1. The van der Waals surface area contributed by atoms with Gasteiger partial charge in [-0.2, -0.15) is 0 Å². The predicted octanol–water partition coefficient (Wildman–Crippen LogP) is 0.819. The first-order chi connectivity index (χ1) is 8.63. The SMILES string of the molecule is Cc1cnc(CNC(=O)Cc2ccc(N)cn2)o1. The molecule has 0 aliphatic carbocycles. The summed E-state index contributed by atoms with van der Waals surface area (Å²) in [6.07, 6.45) is 3.35. The Hall–Kier alpha value is -2.37. The Morgan fingerprint density at radius 3 is 2.83 bits per heavy atom. The molecule has 0 bridgehead atoms. The van der Waals surface area contributed by atoms with Crippen molar-refractivity contribution in [3.8, 4) is 0 Å². The summed E-state index contributed by atoms with van der Waals surface area (Å²) in [5.74, 6) is 1.08. The first-order valence-corrected chi connectivity index (χ1v) is 5.52. The van der Waals surface area contributed by atoms with Gasteiger partial charge in [0.1, 0.15) is 5.76 Å². The van der Waals surface area contributed by atoms with Crippen LogP contribution in [-0.2, 0) is 17.8 Å². The van der Waals surface area contributed by atoms with Crippen LogP contribution in [0.2, 0.25) is 0 Å². The van der Waals surface area contributed by atoms with Crippen LogP contribution in [0.25, 0.3) is 0 Å². The maximum Gasteiger partial charge on any atom is 0.226 e. The highest BCUT2D eigenvalue weighted by atomic mass is 16.4. The maximum atomic E-state index is 11.6. The van der Waals surface area contributed by atoms with Gasteiger partial charge in [0, 0.05) is 5.69 Å². The highest BCUT2D eigenvalue weighted by Gasteiger charge is 2.06. The largest absolute Gasteiger partial charge is 0.444 e. The zero-order valence-electron chi connectivity index (χ0n) is 10.0. The number of nitrogens with zero attached hydrogens (tertiary/aromatic N) is 2. The molecule has 18 heavy (non-hydrogen) atoms. The van der Waals surface area contributed by atoms with E-state index in [1.54, 1.807) is 25.3 Å². The van der Waals surface area contributed by atoms with E-state index in [2.05, 4.69) is 15.3 Å². The van der Waals surface area contributed by atoms with Crippen LogP contribution in [0.5, 0.6) is 0 Å². The predicted molar refractivity (Wildman–Crippen MR) is 65.4 cm³/mol. The number of aryl methyl sites for hydroxylation is 1. The third kappa shape index (κ3) is 3.31. The van der Waals surface area contributed by atoms with E-state index in [1.807, 2.05) is 0 Å². The Kier molecular flexibility index (Phi) is 3.57. The zero-order chi connectivity index (χ0) is 13.0. The van der Waals surface area contributed by atoms with Gasteiger partial charge < -0.3 is 15.5 Å². The summed E-state index contributed by atoms with van der Waals surface area (Å²) in [6, 6.07) is 3.44. The molecule has 2 rings (SSSR count). The van der Waals surface area contributed by atoms with Gasteiger partial charge in [-0.25, -0.2) is 4.98 Å². The van der Waals surface area contributed by atoms with Crippen molar-refractivity contribution in [3.63, 3.8) is 0 Å². The van der Waals surface area contributed by atoms with Gasteiger partial charge in [-0.3, -0.25) is 9.78 Å². The molecule has 0 fully saturated rings. The van der Waals surface area contributed by atoms with E-state index in [1.165, 1.54) is 6.20 Å². The van der Waals surface area contributed by atoms with Crippen molar-refractivity contribution in [3.05, 3.63) is 41.9 Å². The number of anilines is 1. The van der Waals surface area contributed by atoms with Crippen molar-refractivity contribution in [1.29, 1.82) is 0 Å². The number of aromatic nitrogens is 2. The molecule has 2 heterocycles. The van der Waals surface area contributed by atoms with E-state index in [-0.39, 0.29) is 18.9 Å². The molecule has 3 N–H and O–H groups in total. The number of nitrogens with two attached hydrogens (primary N) is 1. The number of nitrogens with one attached hydrogen (secondary N) is 1. The van der Waals surface area contributed by atoms with Crippen LogP contribution in [0.3, 0.4) is 0 Å². The third-order valence-electron chi connectivity index (χ3n) is 2.30. The van der Waals surface area contributed by atoms with Gasteiger partial charge in [-0.1, -0.05) is 0 Å². The van der Waals surface area contributed by atoms with Crippen LogP contribution in [0, 0.1) is 6.92 Å². The van der Waals surface area contributed by atoms with E-state index < -0.39 is 0 Å². The highest BCUT2D eigenvalue weighted by molar-refractivity contribution is 5.78. The summed E-state index contributed by atoms with van der Waals surface area (Å²) >= 11 is 0. The number of hydrogen-bond acceptors (Lipinski definition) is 5. The van der Waals surface area contributed by atoms with Crippen LogP contribution in [0.1, 0.15) is 17.3 Å². The topological polar surface area (TPSA) is 94.0 Å². The summed E-state index contributed by atoms with van der Waals surface area (Å²) < 4.78 is 5.24. The summed E-state index contributed by atoms with van der Waals surface area (Å²) in [6.45, 7) is 2.08. The second-order valence-electron chi connectivity index (χ2n) is 3.90. The minimum atomic E-state index is -0.136. The fourth-order valence-corrected chi connectivity index (χ4v) is 1.42. The first-order valence-electron chi connectivity index (χ1n) is 5.52. The van der Waals surface area contributed by atoms with Crippen LogP contribution in [-0.4, -0.2) is 15.9 Å². The van der Waals surface area contributed by atoms with Crippen LogP contribution in [0.4, 0.5) is 5.69 Å². The smallest absolute Gasteiger partial charge is 0.226 e. The quantitative estimate of drug-likeness (QED) is 0.832. The fourth-order valence-electron chi connectivity index (χ4n) is 1.42. The molecule has 0 saturated carbocycles. The Bertz CT molecular complexity index is 533. The molecule has 0 aliphatic rings. The van der Waals surface area contributed by atoms with Crippen molar-refractivity contribution >= 4 is 11.6 Å². The molecule has 0 saturated heterocycles. The molecule has 0 spiro atoms. The lowest BCUT2D eigenvalue weighted by molar-refractivity contribution is -0.120. The van der Waals surface area contributed by atoms with Crippen molar-refractivity contribution in [2.24, 2.45) is 0 Å². The summed E-state index contributed by atoms with van der Waals surface area (Å²) in [4.78, 5) is 19.7. The number of hydrogen-bond donors (Lipinski definition) is 2. The fraction of sp³-hybridized carbons (Fsp3) is 0.250. The zero-order valence-corrected chi connectivity index (χ0v) is 10.0. The first kappa shape index (κ1) is 12.1. The minimum Gasteiger partial charge on any atom is -0.444 e. The summed E-state index contributed by atoms with van der Waals surface area (Å²) in [5, 5.41) is 2.71. The van der Waals surface area contributed by atoms with Crippen molar-refractivity contribution in [2.75, 3.05) is 5.73 Å². The van der Waals surface area contributed by atoms with Crippen molar-refractivity contribution < 1.29 is 9.21 Å². The molecule has 1 amide bonds. The molecule has 2 aromatic rings. The van der Waals surface area contributed by atoms with Crippen LogP contribution >= 0.6 is 0 Å². The standard InChI is InChI=1S/C12H14N4O2/c1-8-5-16-12(18-8)7-15-11(17)4-10-3-2-9(13)6-14-10/h2-3,5-6H,4,7,13H2,1H3,(H,15,17). The monoisotopic (exact) mass is 246 g/mol. The van der Waals surface area contributed by atoms with Crippen molar-refractivity contribution in [2.45, 2.75) is 19.9 Å². The lowest BCUT2D eigenvalue weighted by Crippen LogP contribution is -2.25. The van der Waals surface area contributed by atoms with Gasteiger partial charge in [-0.05, 0) is 19.1 Å². The third-order valence-corrected chi connectivity index (χ3v) is 2.30. The van der Waals surface area contributed by atoms with E-state index in [4.69, 9.17) is 10.2 Å². The molecule has 0 unspecified atom stereocenters. The number of amides is 1. The maximum absolute atomic E-state index is 11.6. The van der Waals surface area contributed by atoms with E-state index in [0.29, 0.717) is 17.3 Å². The lowest BCUT2D eigenvalue weighted by atomic mass is 10.2. The Balaban J connectivity index is 1.83. The van der Waals surface area contributed by atoms with Gasteiger partial charge in [0.25, 0.3) is 0 Å². The second-order valence-corrected chi connectivity index (χ2v) is 3.90. The molecule has 6 heteroatoms. The second kappa shape index (κ2) is 5.31. The molecule has 94 valence electrons. The number of rotatable bonds is 4. The molecule has 0 aromatic carbocycles. The minimum absolute atomic E-state index is 0.136. The Morgan fingerprint density at radius 2 is 2.22 bits per heavy atom. The number of nitrogen functional groups attached to an aromatic ring is 1. The molecule has 0 aliphatic heterocycles. The van der Waals surface area contributed by atoms with Crippen LogP contribution < -0.4 is 11.1 Å². The van der Waals surface area contributed by atoms with Crippen molar-refractivity contribution in [1.82, 2.24) is 15.3 Å². The molecular weight excluding hydrogens is 232 g/mol. The average Bonchev–Trinajstić information content (AvgIpc) is 2.76. The number of carbonyl (C=O) groups excluding carboxylic acids is 1. The molecule has 0 atom stereocenters. The van der Waals surface area contributed by atoms with E-state index in [0.717, 1.165) is 5.76 Å². The Labute approximate surface area is 104 Å². The highest BCUT2D eigenvalue weighted by Crippen LogP contribution is 2.03. The molecule has 0 radical (unpaired) electrons. The average molecular weight is 246 g/mol. The van der Waals surface area contributed by atoms with E-state index in [9.17, 15) is 4.79 Å². The number of oxazole rings is 1. The molecule has 6 nitrogen and oxygen atoms in total. The van der Waals surface area contributed by atoms with Crippen LogP contribution in [0.15, 0.2) is 28.9 Å². The summed E-state index contributed by atoms with van der Waals surface area (Å²) in [7, 11) is 0.